The summed E-state index contributed by atoms with van der Waals surface area (Å²) in [5.41, 5.74) is -0.477. The lowest BCUT2D eigenvalue weighted by Crippen LogP contribution is -2.46. The molecule has 120 valence electrons. The van der Waals surface area contributed by atoms with Gasteiger partial charge in [0, 0.05) is 25.7 Å². The second-order valence-corrected chi connectivity index (χ2v) is 7.04. The van der Waals surface area contributed by atoms with Gasteiger partial charge in [-0.25, -0.2) is 4.79 Å². The molecule has 2 saturated heterocycles. The predicted molar refractivity (Wildman–Crippen MR) is 78.1 cm³/mol. The van der Waals surface area contributed by atoms with Crippen molar-refractivity contribution in [3.63, 3.8) is 0 Å². The molecule has 6 nitrogen and oxygen atoms in total. The van der Waals surface area contributed by atoms with Gasteiger partial charge < -0.3 is 14.7 Å². The molecule has 0 aromatic carbocycles. The average molecular weight is 298 g/mol. The fourth-order valence-corrected chi connectivity index (χ4v) is 3.07. The number of ether oxygens (including phenoxy) is 1. The van der Waals surface area contributed by atoms with Crippen molar-refractivity contribution in [1.82, 2.24) is 9.80 Å². The minimum Gasteiger partial charge on any atom is -0.481 e. The van der Waals surface area contributed by atoms with Crippen molar-refractivity contribution in [2.45, 2.75) is 51.7 Å². The molecule has 0 saturated carbocycles. The lowest BCUT2D eigenvalue weighted by atomic mass is 9.97. The number of carboxylic acids is 1. The SMILES string of the molecule is CC(C)(C)OC(=O)N1CC[C@H](N2CCC[C@@H](C(=O)O)C2)C1. The first-order chi connectivity index (χ1) is 9.76. The normalized spacial score (nSPS) is 27.7. The molecule has 1 amide bonds. The van der Waals surface area contributed by atoms with Crippen molar-refractivity contribution in [3.05, 3.63) is 0 Å². The number of likely N-dealkylation sites (tertiary alicyclic amines) is 2. The van der Waals surface area contributed by atoms with Gasteiger partial charge in [-0.15, -0.1) is 0 Å². The quantitative estimate of drug-likeness (QED) is 0.841. The molecular weight excluding hydrogens is 272 g/mol. The van der Waals surface area contributed by atoms with Crippen molar-refractivity contribution in [2.24, 2.45) is 5.92 Å². The van der Waals surface area contributed by atoms with Crippen LogP contribution in [0.5, 0.6) is 0 Å². The monoisotopic (exact) mass is 298 g/mol. The molecule has 2 aliphatic rings. The Kier molecular flexibility index (Phi) is 4.76. The number of rotatable bonds is 2. The third kappa shape index (κ3) is 4.33. The maximum atomic E-state index is 12.1. The van der Waals surface area contributed by atoms with Crippen molar-refractivity contribution >= 4 is 12.1 Å². The summed E-state index contributed by atoms with van der Waals surface area (Å²) in [7, 11) is 0. The van der Waals surface area contributed by atoms with E-state index in [-0.39, 0.29) is 18.1 Å². The summed E-state index contributed by atoms with van der Waals surface area (Å²) in [5.74, 6) is -0.976. The smallest absolute Gasteiger partial charge is 0.410 e. The van der Waals surface area contributed by atoms with Gasteiger partial charge in [-0.3, -0.25) is 9.69 Å². The van der Waals surface area contributed by atoms with Crippen LogP contribution >= 0.6 is 0 Å². The van der Waals surface area contributed by atoms with E-state index in [1.807, 2.05) is 20.8 Å². The van der Waals surface area contributed by atoms with Crippen LogP contribution in [-0.2, 0) is 9.53 Å². The van der Waals surface area contributed by atoms with E-state index in [1.165, 1.54) is 0 Å². The Bertz CT molecular complexity index is 405. The third-order valence-electron chi connectivity index (χ3n) is 4.13. The summed E-state index contributed by atoms with van der Waals surface area (Å²) in [6, 6.07) is 0.264. The number of carboxylic acid groups (broad SMARTS) is 1. The maximum Gasteiger partial charge on any atom is 0.410 e. The molecular formula is C15H26N2O4. The summed E-state index contributed by atoms with van der Waals surface area (Å²) in [5, 5.41) is 9.16. The third-order valence-corrected chi connectivity index (χ3v) is 4.13. The number of hydrogen-bond acceptors (Lipinski definition) is 4. The molecule has 0 aromatic heterocycles. The second kappa shape index (κ2) is 6.22. The lowest BCUT2D eigenvalue weighted by Gasteiger charge is -2.35. The summed E-state index contributed by atoms with van der Waals surface area (Å²) >= 11 is 0. The highest BCUT2D eigenvalue weighted by molar-refractivity contribution is 5.70. The molecule has 0 aliphatic carbocycles. The molecule has 0 unspecified atom stereocenters. The molecule has 0 radical (unpaired) electrons. The van der Waals surface area contributed by atoms with Gasteiger partial charge in [-0.1, -0.05) is 0 Å². The van der Waals surface area contributed by atoms with Crippen LogP contribution in [0.1, 0.15) is 40.0 Å². The first kappa shape index (κ1) is 16.1. The van der Waals surface area contributed by atoms with Gasteiger partial charge in [-0.2, -0.15) is 0 Å². The molecule has 6 heteroatoms. The number of hydrogen-bond donors (Lipinski definition) is 1. The van der Waals surface area contributed by atoms with Crippen LogP contribution in [0.25, 0.3) is 0 Å². The van der Waals surface area contributed by atoms with Gasteiger partial charge in [0.25, 0.3) is 0 Å². The predicted octanol–water partition coefficient (Wildman–Crippen LogP) is 1.79. The molecule has 1 N–H and O–H groups in total. The fourth-order valence-electron chi connectivity index (χ4n) is 3.07. The molecule has 21 heavy (non-hydrogen) atoms. The van der Waals surface area contributed by atoms with E-state index in [1.54, 1.807) is 4.90 Å². The largest absolute Gasteiger partial charge is 0.481 e. The molecule has 2 heterocycles. The van der Waals surface area contributed by atoms with E-state index in [0.717, 1.165) is 25.8 Å². The van der Waals surface area contributed by atoms with Crippen LogP contribution < -0.4 is 0 Å². The average Bonchev–Trinajstić information content (AvgIpc) is 2.86. The van der Waals surface area contributed by atoms with Crippen molar-refractivity contribution in [1.29, 1.82) is 0 Å². The summed E-state index contributed by atoms with van der Waals surface area (Å²) < 4.78 is 5.39. The molecule has 2 aliphatic heterocycles. The number of carbonyl (C=O) groups is 2. The van der Waals surface area contributed by atoms with Gasteiger partial charge >= 0.3 is 12.1 Å². The van der Waals surface area contributed by atoms with E-state index in [0.29, 0.717) is 19.6 Å². The Labute approximate surface area is 126 Å². The molecule has 0 aromatic rings. The standard InChI is InChI=1S/C15H26N2O4/c1-15(2,3)21-14(20)17-8-6-12(10-17)16-7-4-5-11(9-16)13(18)19/h11-12H,4-10H2,1-3H3,(H,18,19)/t11-,12+/m1/s1. The van der Waals surface area contributed by atoms with Crippen LogP contribution in [-0.4, -0.2) is 64.8 Å². The van der Waals surface area contributed by atoms with E-state index in [4.69, 9.17) is 9.84 Å². The lowest BCUT2D eigenvalue weighted by molar-refractivity contribution is -0.143. The fraction of sp³-hybridized carbons (Fsp3) is 0.867. The van der Waals surface area contributed by atoms with Crippen LogP contribution in [0.15, 0.2) is 0 Å². The zero-order chi connectivity index (χ0) is 15.6. The van der Waals surface area contributed by atoms with Gasteiger partial charge in [-0.05, 0) is 46.6 Å². The minimum absolute atomic E-state index is 0.264. The van der Waals surface area contributed by atoms with Crippen molar-refractivity contribution in [3.8, 4) is 0 Å². The van der Waals surface area contributed by atoms with E-state index in [9.17, 15) is 9.59 Å². The van der Waals surface area contributed by atoms with E-state index in [2.05, 4.69) is 4.90 Å². The molecule has 2 atom stereocenters. The van der Waals surface area contributed by atoms with Crippen LogP contribution in [0.2, 0.25) is 0 Å². The second-order valence-electron chi connectivity index (χ2n) is 7.04. The zero-order valence-corrected chi connectivity index (χ0v) is 13.2. The first-order valence-electron chi connectivity index (χ1n) is 7.71. The minimum atomic E-state index is -0.707. The number of nitrogens with zero attached hydrogens (tertiary/aromatic N) is 2. The Morgan fingerprint density at radius 1 is 1.14 bits per heavy atom. The molecule has 2 rings (SSSR count). The first-order valence-corrected chi connectivity index (χ1v) is 7.71. The van der Waals surface area contributed by atoms with E-state index < -0.39 is 11.6 Å². The molecule has 0 spiro atoms. The summed E-state index contributed by atoms with van der Waals surface area (Å²) in [6.07, 6.45) is 2.30. The summed E-state index contributed by atoms with van der Waals surface area (Å²) in [4.78, 5) is 27.2. The zero-order valence-electron chi connectivity index (χ0n) is 13.2. The topological polar surface area (TPSA) is 70.1 Å². The van der Waals surface area contributed by atoms with Crippen LogP contribution in [0.4, 0.5) is 4.79 Å². The Morgan fingerprint density at radius 2 is 1.86 bits per heavy atom. The van der Waals surface area contributed by atoms with Crippen molar-refractivity contribution in [2.75, 3.05) is 26.2 Å². The number of carbonyl (C=O) groups excluding carboxylic acids is 1. The molecule has 0 bridgehead atoms. The highest BCUT2D eigenvalue weighted by Gasteiger charge is 2.36. The number of aliphatic carboxylic acids is 1. The summed E-state index contributed by atoms with van der Waals surface area (Å²) in [6.45, 7) is 8.44. The molecule has 2 fully saturated rings. The Hall–Kier alpha value is -1.30. The number of piperidine rings is 1. The van der Waals surface area contributed by atoms with Crippen LogP contribution in [0, 0.1) is 5.92 Å². The Balaban J connectivity index is 1.87. The highest BCUT2D eigenvalue weighted by Crippen LogP contribution is 2.24. The van der Waals surface area contributed by atoms with Gasteiger partial charge in [0.2, 0.25) is 0 Å². The van der Waals surface area contributed by atoms with Gasteiger partial charge in [0.1, 0.15) is 5.60 Å². The van der Waals surface area contributed by atoms with E-state index >= 15 is 0 Å². The van der Waals surface area contributed by atoms with Crippen molar-refractivity contribution < 1.29 is 19.4 Å². The maximum absolute atomic E-state index is 12.1. The van der Waals surface area contributed by atoms with Gasteiger partial charge in [0.15, 0.2) is 0 Å². The highest BCUT2D eigenvalue weighted by atomic mass is 16.6. The number of amides is 1. The van der Waals surface area contributed by atoms with Crippen LogP contribution in [0.3, 0.4) is 0 Å². The van der Waals surface area contributed by atoms with Gasteiger partial charge in [0.05, 0.1) is 5.92 Å². The Morgan fingerprint density at radius 3 is 2.48 bits per heavy atom.